The predicted octanol–water partition coefficient (Wildman–Crippen LogP) is 28.3. The van der Waals surface area contributed by atoms with Gasteiger partial charge in [-0.05, 0) is 104 Å². The van der Waals surface area contributed by atoms with Gasteiger partial charge in [0.25, 0.3) is 0 Å². The Labute approximate surface area is 704 Å². The van der Waals surface area contributed by atoms with E-state index in [4.69, 9.17) is 39.4 Å². The Morgan fingerprint density at radius 1 is 0.180 bits per heavy atom. The number of aromatic nitrogens is 6. The molecule has 0 saturated heterocycles. The summed E-state index contributed by atoms with van der Waals surface area (Å²) in [6, 6.07) is 150. The van der Waals surface area contributed by atoms with Crippen LogP contribution >= 0.6 is 0 Å². The van der Waals surface area contributed by atoms with Crippen molar-refractivity contribution in [2.45, 2.75) is 10.8 Å². The molecule has 0 saturated carbocycles. The van der Waals surface area contributed by atoms with Crippen LogP contribution in [0, 0.1) is 0 Å². The zero-order chi connectivity index (χ0) is 80.4. The third kappa shape index (κ3) is 11.0. The zero-order valence-corrected chi connectivity index (χ0v) is 65.9. The minimum absolute atomic E-state index is 0.590. The number of pyridine rings is 2. The molecule has 0 bridgehead atoms. The average molecular weight is 1560 g/mol. The maximum Gasteiger partial charge on any atom is 0.160 e. The van der Waals surface area contributed by atoms with E-state index >= 15 is 0 Å². The van der Waals surface area contributed by atoms with Gasteiger partial charge in [-0.25, -0.2) is 29.9 Å². The molecular weight excluding hydrogens is 1490 g/mol. The molecule has 568 valence electrons. The molecule has 2 spiro atoms. The highest BCUT2D eigenvalue weighted by atomic mass is 16.5. The van der Waals surface area contributed by atoms with Crippen molar-refractivity contribution in [2.24, 2.45) is 0 Å². The fraction of sp³-hybridized carbons (Fsp3) is 0.0175. The van der Waals surface area contributed by atoms with Crippen molar-refractivity contribution in [3.8, 4) is 147 Å². The number of ether oxygens (including phenoxy) is 2. The number of para-hydroxylation sites is 2. The normalized spacial score (nSPS) is 13.0. The minimum atomic E-state index is -0.603. The van der Waals surface area contributed by atoms with Crippen LogP contribution in [0.4, 0.5) is 0 Å². The molecule has 4 aromatic heterocycles. The highest BCUT2D eigenvalue weighted by molar-refractivity contribution is 6.18. The van der Waals surface area contributed by atoms with Gasteiger partial charge in [-0.2, -0.15) is 0 Å². The maximum atomic E-state index is 7.29. The summed E-state index contributed by atoms with van der Waals surface area (Å²) in [5.74, 6) is 4.74. The Bertz CT molecular complexity index is 7650. The van der Waals surface area contributed by atoms with Crippen LogP contribution in [-0.2, 0) is 10.8 Å². The number of nitrogens with zero attached hydrogens (tertiary/aromatic N) is 6. The van der Waals surface area contributed by atoms with Crippen molar-refractivity contribution in [3.05, 3.63) is 469 Å². The maximum absolute atomic E-state index is 7.29. The van der Waals surface area contributed by atoms with Gasteiger partial charge in [-0.3, -0.25) is 0 Å². The molecule has 0 atom stereocenters. The van der Waals surface area contributed by atoms with Gasteiger partial charge in [0.2, 0.25) is 0 Å². The number of fused-ring (bicyclic) bond motifs is 26. The second kappa shape index (κ2) is 28.3. The van der Waals surface area contributed by atoms with E-state index in [1.54, 1.807) is 0 Å². The molecule has 4 aliphatic rings. The zero-order valence-electron chi connectivity index (χ0n) is 65.9. The van der Waals surface area contributed by atoms with Crippen molar-refractivity contribution < 1.29 is 9.47 Å². The summed E-state index contributed by atoms with van der Waals surface area (Å²) in [6.45, 7) is 0. The first-order valence-electron chi connectivity index (χ1n) is 41.5. The van der Waals surface area contributed by atoms with E-state index in [0.717, 1.165) is 173 Å². The molecule has 122 heavy (non-hydrogen) atoms. The summed E-state index contributed by atoms with van der Waals surface area (Å²) in [6.07, 6.45) is 0. The van der Waals surface area contributed by atoms with Crippen LogP contribution in [0.25, 0.3) is 167 Å². The van der Waals surface area contributed by atoms with E-state index in [1.165, 1.54) is 50.1 Å². The Balaban J connectivity index is 0.000000139. The fourth-order valence-electron chi connectivity index (χ4n) is 19.7. The molecule has 8 heteroatoms. The van der Waals surface area contributed by atoms with Crippen LogP contribution in [0.5, 0.6) is 23.0 Å². The van der Waals surface area contributed by atoms with Crippen LogP contribution in [-0.4, -0.2) is 29.9 Å². The molecule has 0 fully saturated rings. The molecule has 25 rings (SSSR count). The fourth-order valence-corrected chi connectivity index (χ4v) is 19.7. The summed E-state index contributed by atoms with van der Waals surface area (Å²) in [4.78, 5) is 31.6. The molecule has 0 N–H and O–H groups in total. The van der Waals surface area contributed by atoms with Crippen molar-refractivity contribution in [1.82, 2.24) is 29.9 Å². The first-order valence-corrected chi connectivity index (χ1v) is 41.5. The van der Waals surface area contributed by atoms with Gasteiger partial charge in [0.15, 0.2) is 11.6 Å². The van der Waals surface area contributed by atoms with Crippen LogP contribution in [0.15, 0.2) is 425 Å². The Kier molecular flexibility index (Phi) is 16.3. The number of hydrogen-bond acceptors (Lipinski definition) is 8. The lowest BCUT2D eigenvalue weighted by Crippen LogP contribution is -2.32. The van der Waals surface area contributed by atoms with Crippen LogP contribution in [0.3, 0.4) is 0 Å². The van der Waals surface area contributed by atoms with E-state index < -0.39 is 10.8 Å². The minimum Gasteiger partial charge on any atom is -0.456 e. The summed E-state index contributed by atoms with van der Waals surface area (Å²) in [7, 11) is 0. The van der Waals surface area contributed by atoms with Gasteiger partial charge >= 0.3 is 0 Å². The molecule has 17 aromatic carbocycles. The molecule has 0 radical (unpaired) electrons. The van der Waals surface area contributed by atoms with Crippen LogP contribution < -0.4 is 9.47 Å². The van der Waals surface area contributed by atoms with Crippen LogP contribution in [0.1, 0.15) is 44.5 Å². The first kappa shape index (κ1) is 70.1. The standard InChI is InChI=1S/C60H37N3O.C54H33N3O/c1-4-16-38(17-5-1)39-28-30-40(31-29-39)53-37-54(63-59(62-53)42-20-8-3-9-21-42)43-32-35-52-47(36-43)56-46(57(61-52)41-18-6-2-7-19-41)33-34-51-58(56)64-55-27-15-14-26-50(55)60(51)48-24-12-10-22-44(48)45-23-11-13-25-49(45)60;1-4-16-34(17-5-1)47-33-48(57-53(56-47)36-20-8-3-9-21-36)37-28-31-46-41(32-37)50-40(51(55-46)35-18-6-2-7-19-35)29-30-45-52(50)58-49-27-15-14-26-44(49)54(45)42-24-12-10-22-38(42)39-23-11-13-25-43(39)54/h1-37H;1-33H. The number of hydrogen-bond donors (Lipinski definition) is 0. The van der Waals surface area contributed by atoms with Gasteiger partial charge < -0.3 is 9.47 Å². The van der Waals surface area contributed by atoms with Gasteiger partial charge in [0, 0.05) is 99.1 Å². The first-order chi connectivity index (χ1) is 60.5. The van der Waals surface area contributed by atoms with E-state index in [9.17, 15) is 0 Å². The molecule has 2 aliphatic carbocycles. The lowest BCUT2D eigenvalue weighted by molar-refractivity contribution is 0.442. The summed E-state index contributed by atoms with van der Waals surface area (Å²) in [5, 5.41) is 6.09. The highest BCUT2D eigenvalue weighted by Crippen LogP contribution is 2.66. The lowest BCUT2D eigenvalue weighted by Gasteiger charge is -2.40. The van der Waals surface area contributed by atoms with E-state index in [2.05, 4.69) is 364 Å². The van der Waals surface area contributed by atoms with Gasteiger partial charge in [-0.1, -0.05) is 376 Å². The highest BCUT2D eigenvalue weighted by Gasteiger charge is 2.53. The van der Waals surface area contributed by atoms with E-state index in [1.807, 2.05) is 60.7 Å². The molecule has 6 heterocycles. The van der Waals surface area contributed by atoms with Crippen molar-refractivity contribution >= 4 is 43.4 Å². The molecular formula is C114H70N6O2. The summed E-state index contributed by atoms with van der Waals surface area (Å²) in [5.41, 5.74) is 30.7. The van der Waals surface area contributed by atoms with Crippen molar-refractivity contribution in [1.29, 1.82) is 0 Å². The third-order valence-electron chi connectivity index (χ3n) is 25.1. The van der Waals surface area contributed by atoms with Crippen molar-refractivity contribution in [2.75, 3.05) is 0 Å². The van der Waals surface area contributed by atoms with Crippen LogP contribution in [0.2, 0.25) is 0 Å². The van der Waals surface area contributed by atoms with Gasteiger partial charge in [0.05, 0.1) is 56.0 Å². The monoisotopic (exact) mass is 1550 g/mol. The summed E-state index contributed by atoms with van der Waals surface area (Å²) < 4.78 is 14.5. The Hall–Kier alpha value is -16.2. The quantitative estimate of drug-likeness (QED) is 0.132. The molecule has 21 aromatic rings. The lowest BCUT2D eigenvalue weighted by atomic mass is 9.65. The second-order valence-corrected chi connectivity index (χ2v) is 31.7. The smallest absolute Gasteiger partial charge is 0.160 e. The Morgan fingerprint density at radius 2 is 0.459 bits per heavy atom. The molecule has 0 unspecified atom stereocenters. The Morgan fingerprint density at radius 3 is 0.836 bits per heavy atom. The van der Waals surface area contributed by atoms with E-state index in [0.29, 0.717) is 11.6 Å². The SMILES string of the molecule is c1ccc(-c2cc(-c3ccc4nc(-c5ccccc5)c5ccc6c(c5c4c3)Oc3ccccc3C63c4ccccc4-c4ccccc43)nc(-c3ccccc3)n2)cc1.c1ccc(-c2ccc(-c3cc(-c4ccc5nc(-c6ccccc6)c6ccc7c(c6c5c4)Oc4ccccc4C74c5ccccc5-c5ccccc54)nc(-c4ccccc4)n3)cc2)cc1. The molecule has 8 nitrogen and oxygen atoms in total. The topological polar surface area (TPSA) is 95.8 Å². The molecule has 2 aliphatic heterocycles. The average Bonchev–Trinajstić information content (AvgIpc) is 1.48. The van der Waals surface area contributed by atoms with E-state index in [-0.39, 0.29) is 0 Å². The largest absolute Gasteiger partial charge is 0.456 e. The number of rotatable bonds is 9. The predicted molar refractivity (Wildman–Crippen MR) is 493 cm³/mol. The second-order valence-electron chi connectivity index (χ2n) is 31.7. The van der Waals surface area contributed by atoms with Crippen molar-refractivity contribution in [3.63, 3.8) is 0 Å². The summed E-state index contributed by atoms with van der Waals surface area (Å²) >= 11 is 0. The number of benzene rings is 17. The molecule has 0 amide bonds. The third-order valence-corrected chi connectivity index (χ3v) is 25.1. The van der Waals surface area contributed by atoms with Gasteiger partial charge in [0.1, 0.15) is 23.0 Å². The van der Waals surface area contributed by atoms with Gasteiger partial charge in [-0.15, -0.1) is 0 Å².